The predicted molar refractivity (Wildman–Crippen MR) is 83.6 cm³/mol. The Labute approximate surface area is 133 Å². The van der Waals surface area contributed by atoms with Crippen LogP contribution in [-0.4, -0.2) is 18.2 Å². The Hall–Kier alpha value is -2.27. The minimum absolute atomic E-state index is 0.345. The van der Waals surface area contributed by atoms with E-state index in [2.05, 4.69) is 11.6 Å². The summed E-state index contributed by atoms with van der Waals surface area (Å²) in [6.07, 6.45) is 0.635. The van der Waals surface area contributed by atoms with Gasteiger partial charge in [-0.25, -0.2) is 13.8 Å². The van der Waals surface area contributed by atoms with Crippen LogP contribution in [0.15, 0.2) is 30.8 Å². The second kappa shape index (κ2) is 6.46. The minimum atomic E-state index is -0.601. The first-order valence-corrected chi connectivity index (χ1v) is 7.48. The van der Waals surface area contributed by atoms with Crippen LogP contribution < -0.4 is 0 Å². The molecule has 0 spiro atoms. The highest BCUT2D eigenvalue weighted by atomic mass is 19.1. The average Bonchev–Trinajstić information content (AvgIpc) is 2.54. The monoisotopic (exact) mass is 317 g/mol. The van der Waals surface area contributed by atoms with Gasteiger partial charge < -0.3 is 9.47 Å². The fourth-order valence-corrected chi connectivity index (χ4v) is 2.71. The standard InChI is InChI=1S/C18H17F2NO2/c1-3-23-11(2)17-9-15(13-5-4-12(19)8-16(13)20)14-6-7-22-10-18(14)21-17/h4-5,8-9H,2-3,6-7,10H2,1H3. The van der Waals surface area contributed by atoms with Crippen molar-refractivity contribution in [3.8, 4) is 11.1 Å². The molecule has 1 aliphatic heterocycles. The topological polar surface area (TPSA) is 31.4 Å². The van der Waals surface area contributed by atoms with E-state index in [4.69, 9.17) is 9.47 Å². The summed E-state index contributed by atoms with van der Waals surface area (Å²) in [6.45, 7) is 7.09. The SMILES string of the molecule is C=C(OCC)c1cc(-c2ccc(F)cc2F)c2c(n1)COCC2. The van der Waals surface area contributed by atoms with Gasteiger partial charge in [0.1, 0.15) is 23.1 Å². The number of nitrogens with zero attached hydrogens (tertiary/aromatic N) is 1. The molecule has 2 heterocycles. The van der Waals surface area contributed by atoms with Crippen LogP contribution >= 0.6 is 0 Å². The Morgan fingerprint density at radius 3 is 2.87 bits per heavy atom. The van der Waals surface area contributed by atoms with Crippen LogP contribution in [0, 0.1) is 11.6 Å². The van der Waals surface area contributed by atoms with Crippen LogP contribution in [0.25, 0.3) is 16.9 Å². The van der Waals surface area contributed by atoms with Crippen LogP contribution in [0.4, 0.5) is 8.78 Å². The van der Waals surface area contributed by atoms with Crippen molar-refractivity contribution in [2.24, 2.45) is 0 Å². The zero-order valence-electron chi connectivity index (χ0n) is 12.9. The fraction of sp³-hybridized carbons (Fsp3) is 0.278. The summed E-state index contributed by atoms with van der Waals surface area (Å²) >= 11 is 0. The first kappa shape index (κ1) is 15.6. The summed E-state index contributed by atoms with van der Waals surface area (Å²) in [7, 11) is 0. The number of ether oxygens (including phenoxy) is 2. The Balaban J connectivity index is 2.17. The second-order valence-corrected chi connectivity index (χ2v) is 5.26. The van der Waals surface area contributed by atoms with E-state index in [1.165, 1.54) is 12.1 Å². The molecule has 0 fully saturated rings. The number of halogens is 2. The smallest absolute Gasteiger partial charge is 0.137 e. The molecule has 1 aromatic heterocycles. The Morgan fingerprint density at radius 1 is 1.30 bits per heavy atom. The van der Waals surface area contributed by atoms with E-state index in [1.807, 2.05) is 6.92 Å². The summed E-state index contributed by atoms with van der Waals surface area (Å²) in [4.78, 5) is 4.52. The van der Waals surface area contributed by atoms with Crippen molar-refractivity contribution >= 4 is 5.76 Å². The van der Waals surface area contributed by atoms with Crippen molar-refractivity contribution in [1.82, 2.24) is 4.98 Å². The molecule has 1 aliphatic rings. The van der Waals surface area contributed by atoms with Crippen LogP contribution in [0.3, 0.4) is 0 Å². The third-order valence-corrected chi connectivity index (χ3v) is 3.77. The van der Waals surface area contributed by atoms with Gasteiger partial charge in [-0.15, -0.1) is 0 Å². The molecule has 0 saturated heterocycles. The number of aromatic nitrogens is 1. The molecule has 0 radical (unpaired) electrons. The van der Waals surface area contributed by atoms with Crippen molar-refractivity contribution in [3.05, 3.63) is 59.4 Å². The summed E-state index contributed by atoms with van der Waals surface area (Å²) in [5, 5.41) is 0. The number of rotatable bonds is 4. The first-order chi connectivity index (χ1) is 11.1. The highest BCUT2D eigenvalue weighted by molar-refractivity contribution is 5.72. The van der Waals surface area contributed by atoms with Gasteiger partial charge in [0.15, 0.2) is 0 Å². The van der Waals surface area contributed by atoms with E-state index in [1.54, 1.807) is 6.07 Å². The summed E-state index contributed by atoms with van der Waals surface area (Å²) in [5.74, 6) is -0.779. The van der Waals surface area contributed by atoms with Crippen LogP contribution in [-0.2, 0) is 22.5 Å². The quantitative estimate of drug-likeness (QED) is 0.795. The molecular weight excluding hydrogens is 300 g/mol. The third kappa shape index (κ3) is 3.10. The molecule has 3 rings (SSSR count). The summed E-state index contributed by atoms with van der Waals surface area (Å²) in [5.41, 5.74) is 3.24. The molecule has 120 valence electrons. The molecule has 0 unspecified atom stereocenters. The second-order valence-electron chi connectivity index (χ2n) is 5.26. The van der Waals surface area contributed by atoms with Crippen molar-refractivity contribution in [3.63, 3.8) is 0 Å². The predicted octanol–water partition coefficient (Wildman–Crippen LogP) is 4.11. The van der Waals surface area contributed by atoms with E-state index in [0.717, 1.165) is 17.3 Å². The van der Waals surface area contributed by atoms with Gasteiger partial charge >= 0.3 is 0 Å². The van der Waals surface area contributed by atoms with Gasteiger partial charge in [-0.2, -0.15) is 0 Å². The van der Waals surface area contributed by atoms with Crippen molar-refractivity contribution < 1.29 is 18.3 Å². The Morgan fingerprint density at radius 2 is 2.13 bits per heavy atom. The molecule has 0 atom stereocenters. The summed E-state index contributed by atoms with van der Waals surface area (Å²) < 4.78 is 38.3. The molecule has 0 amide bonds. The maximum absolute atomic E-state index is 14.2. The molecular formula is C18H17F2NO2. The summed E-state index contributed by atoms with van der Waals surface area (Å²) in [6, 6.07) is 5.33. The Kier molecular flexibility index (Phi) is 4.39. The van der Waals surface area contributed by atoms with Gasteiger partial charge in [0.25, 0.3) is 0 Å². The molecule has 0 N–H and O–H groups in total. The zero-order chi connectivity index (χ0) is 16.4. The van der Waals surface area contributed by atoms with E-state index in [-0.39, 0.29) is 0 Å². The molecule has 3 nitrogen and oxygen atoms in total. The lowest BCUT2D eigenvalue weighted by Crippen LogP contribution is -2.15. The number of hydrogen-bond donors (Lipinski definition) is 0. The van der Waals surface area contributed by atoms with E-state index in [9.17, 15) is 8.78 Å². The van der Waals surface area contributed by atoms with Gasteiger partial charge in [0.05, 0.1) is 25.5 Å². The van der Waals surface area contributed by atoms with Crippen molar-refractivity contribution in [2.45, 2.75) is 20.0 Å². The number of hydrogen-bond acceptors (Lipinski definition) is 3. The fourth-order valence-electron chi connectivity index (χ4n) is 2.71. The lowest BCUT2D eigenvalue weighted by molar-refractivity contribution is 0.107. The minimum Gasteiger partial charge on any atom is -0.492 e. The van der Waals surface area contributed by atoms with E-state index >= 15 is 0 Å². The molecule has 0 bridgehead atoms. The maximum atomic E-state index is 14.2. The van der Waals surface area contributed by atoms with Gasteiger partial charge in [-0.05, 0) is 42.7 Å². The van der Waals surface area contributed by atoms with E-state index < -0.39 is 11.6 Å². The average molecular weight is 317 g/mol. The largest absolute Gasteiger partial charge is 0.492 e. The molecule has 2 aromatic rings. The molecule has 23 heavy (non-hydrogen) atoms. The van der Waals surface area contributed by atoms with Gasteiger partial charge in [0, 0.05) is 11.6 Å². The normalized spacial score (nSPS) is 13.5. The number of benzene rings is 1. The van der Waals surface area contributed by atoms with Crippen molar-refractivity contribution in [2.75, 3.05) is 13.2 Å². The maximum Gasteiger partial charge on any atom is 0.137 e. The Bertz CT molecular complexity index is 759. The van der Waals surface area contributed by atoms with Gasteiger partial charge in [-0.3, -0.25) is 0 Å². The molecule has 0 saturated carbocycles. The van der Waals surface area contributed by atoms with E-state index in [0.29, 0.717) is 48.8 Å². The lowest BCUT2D eigenvalue weighted by Gasteiger charge is -2.21. The molecule has 5 heteroatoms. The zero-order valence-corrected chi connectivity index (χ0v) is 12.9. The van der Waals surface area contributed by atoms with Crippen LogP contribution in [0.1, 0.15) is 23.9 Å². The number of fused-ring (bicyclic) bond motifs is 1. The lowest BCUT2D eigenvalue weighted by atomic mass is 9.94. The van der Waals surface area contributed by atoms with Gasteiger partial charge in [0.2, 0.25) is 0 Å². The first-order valence-electron chi connectivity index (χ1n) is 7.48. The highest BCUT2D eigenvalue weighted by Gasteiger charge is 2.21. The van der Waals surface area contributed by atoms with Crippen LogP contribution in [0.5, 0.6) is 0 Å². The third-order valence-electron chi connectivity index (χ3n) is 3.77. The highest BCUT2D eigenvalue weighted by Crippen LogP contribution is 2.33. The molecule has 1 aromatic carbocycles. The van der Waals surface area contributed by atoms with Gasteiger partial charge in [-0.1, -0.05) is 6.58 Å². The molecule has 0 aliphatic carbocycles. The van der Waals surface area contributed by atoms with Crippen LogP contribution in [0.2, 0.25) is 0 Å². The number of pyridine rings is 1. The van der Waals surface area contributed by atoms with Crippen molar-refractivity contribution in [1.29, 1.82) is 0 Å².